The Morgan fingerprint density at radius 3 is 2.35 bits per heavy atom. The number of carbonyl (C=O) groups excluding carboxylic acids is 1. The molecule has 1 aliphatic heterocycles. The van der Waals surface area contributed by atoms with E-state index >= 15 is 0 Å². The Bertz CT molecular complexity index is 472. The summed E-state index contributed by atoms with van der Waals surface area (Å²) in [5.41, 5.74) is 0. The largest absolute Gasteiger partial charge is 0.415 e. The maximum absolute atomic E-state index is 12.9. The molecule has 0 N–H and O–H groups in total. The summed E-state index contributed by atoms with van der Waals surface area (Å²) in [5, 5.41) is -1.14. The van der Waals surface area contributed by atoms with Crippen LogP contribution in [0.4, 0.5) is 3.89 Å². The number of halogens is 1. The zero-order chi connectivity index (χ0) is 15.8. The molecule has 0 saturated carbocycles. The topological polar surface area (TPSA) is 63.7 Å². The van der Waals surface area contributed by atoms with Crippen LogP contribution in [0, 0.1) is 0 Å². The van der Waals surface area contributed by atoms with Crippen molar-refractivity contribution in [2.24, 2.45) is 0 Å². The van der Waals surface area contributed by atoms with Gasteiger partial charge in [-0.1, -0.05) is 20.8 Å². The van der Waals surface area contributed by atoms with E-state index < -0.39 is 23.8 Å². The highest BCUT2D eigenvalue weighted by Crippen LogP contribution is 2.36. The molecule has 1 rings (SSSR count). The summed E-state index contributed by atoms with van der Waals surface area (Å²) >= 11 is 0. The van der Waals surface area contributed by atoms with Gasteiger partial charge in [0.1, 0.15) is 5.25 Å². The quantitative estimate of drug-likeness (QED) is 0.572. The van der Waals surface area contributed by atoms with Crippen LogP contribution in [0.15, 0.2) is 0 Å². The fourth-order valence-electron chi connectivity index (χ4n) is 1.77. The third kappa shape index (κ3) is 4.26. The van der Waals surface area contributed by atoms with Gasteiger partial charge in [0.05, 0.1) is 6.61 Å². The van der Waals surface area contributed by atoms with E-state index in [2.05, 4.69) is 33.9 Å². The number of hydrogen-bond donors (Lipinski definition) is 0. The van der Waals surface area contributed by atoms with E-state index in [-0.39, 0.29) is 23.9 Å². The number of rotatable bonds is 5. The van der Waals surface area contributed by atoms with Crippen molar-refractivity contribution in [1.82, 2.24) is 4.90 Å². The highest BCUT2D eigenvalue weighted by molar-refractivity contribution is 7.87. The molecule has 1 heterocycles. The lowest BCUT2D eigenvalue weighted by Gasteiger charge is -2.36. The predicted molar refractivity (Wildman–Crippen MR) is 78.2 cm³/mol. The average Bonchev–Trinajstić information content (AvgIpc) is 2.58. The van der Waals surface area contributed by atoms with Gasteiger partial charge >= 0.3 is 10.2 Å². The fourth-order valence-corrected chi connectivity index (χ4v) is 3.50. The van der Waals surface area contributed by atoms with Gasteiger partial charge in [0, 0.05) is 19.5 Å². The third-order valence-corrected chi connectivity index (χ3v) is 9.86. The van der Waals surface area contributed by atoms with Crippen LogP contribution in [0.2, 0.25) is 18.1 Å². The van der Waals surface area contributed by atoms with Crippen LogP contribution in [0.3, 0.4) is 0 Å². The van der Waals surface area contributed by atoms with Crippen molar-refractivity contribution < 1.29 is 21.5 Å². The Kier molecular flexibility index (Phi) is 5.03. The van der Waals surface area contributed by atoms with E-state index in [1.807, 2.05) is 0 Å². The van der Waals surface area contributed by atoms with Gasteiger partial charge in [-0.2, -0.15) is 8.42 Å². The molecule has 0 aromatic heterocycles. The molecule has 8 heteroatoms. The summed E-state index contributed by atoms with van der Waals surface area (Å²) in [6.45, 7) is 11.2. The summed E-state index contributed by atoms with van der Waals surface area (Å²) in [6, 6.07) is 0. The molecule has 1 fully saturated rings. The summed E-state index contributed by atoms with van der Waals surface area (Å²) in [5.74, 6) is -0.324. The maximum Gasteiger partial charge on any atom is 0.307 e. The average molecular weight is 325 g/mol. The molecule has 0 bridgehead atoms. The van der Waals surface area contributed by atoms with Crippen molar-refractivity contribution in [2.45, 2.75) is 50.6 Å². The second kappa shape index (κ2) is 5.73. The van der Waals surface area contributed by atoms with Crippen molar-refractivity contribution in [3.63, 3.8) is 0 Å². The van der Waals surface area contributed by atoms with Gasteiger partial charge in [0.15, 0.2) is 8.32 Å². The van der Waals surface area contributed by atoms with Gasteiger partial charge in [-0.15, -0.1) is 3.89 Å². The summed E-state index contributed by atoms with van der Waals surface area (Å²) in [7, 11) is -6.52. The van der Waals surface area contributed by atoms with E-state index in [1.165, 1.54) is 4.90 Å². The first kappa shape index (κ1) is 17.6. The van der Waals surface area contributed by atoms with Crippen molar-refractivity contribution in [3.05, 3.63) is 0 Å². The van der Waals surface area contributed by atoms with E-state index in [0.717, 1.165) is 0 Å². The van der Waals surface area contributed by atoms with Crippen LogP contribution >= 0.6 is 0 Å². The molecule has 1 atom stereocenters. The van der Waals surface area contributed by atoms with Crippen LogP contribution in [0.1, 0.15) is 27.2 Å². The minimum absolute atomic E-state index is 0.0709. The van der Waals surface area contributed by atoms with Gasteiger partial charge in [-0.25, -0.2) is 0 Å². The van der Waals surface area contributed by atoms with Crippen LogP contribution in [0.25, 0.3) is 0 Å². The smallest absolute Gasteiger partial charge is 0.307 e. The number of amides is 1. The maximum atomic E-state index is 12.9. The monoisotopic (exact) mass is 325 g/mol. The molecule has 1 saturated heterocycles. The van der Waals surface area contributed by atoms with Crippen LogP contribution in [0.5, 0.6) is 0 Å². The van der Waals surface area contributed by atoms with Gasteiger partial charge in [-0.05, 0) is 18.1 Å². The predicted octanol–water partition coefficient (Wildman–Crippen LogP) is 1.91. The molecule has 0 aliphatic carbocycles. The summed E-state index contributed by atoms with van der Waals surface area (Å²) in [4.78, 5) is 13.0. The van der Waals surface area contributed by atoms with Crippen molar-refractivity contribution in [1.29, 1.82) is 0 Å². The molecule has 1 unspecified atom stereocenters. The van der Waals surface area contributed by atoms with Crippen LogP contribution in [-0.2, 0) is 19.4 Å². The van der Waals surface area contributed by atoms with Crippen molar-refractivity contribution >= 4 is 24.4 Å². The lowest BCUT2D eigenvalue weighted by molar-refractivity contribution is -0.128. The molecule has 0 radical (unpaired) electrons. The standard InChI is InChI=1S/C12H24FNO4SSi/c1-12(2,3)20(4,5)18-7-6-14-9-10(8-11(14)15)19(13,16)17/h10H,6-9H2,1-5H3. The molecule has 0 aromatic carbocycles. The number of carbonyl (C=O) groups is 1. The Balaban J connectivity index is 2.50. The van der Waals surface area contributed by atoms with E-state index in [9.17, 15) is 17.1 Å². The Hall–Kier alpha value is -0.473. The van der Waals surface area contributed by atoms with Gasteiger partial charge < -0.3 is 9.33 Å². The highest BCUT2D eigenvalue weighted by atomic mass is 32.3. The first-order valence-electron chi connectivity index (χ1n) is 6.70. The van der Waals surface area contributed by atoms with Crippen LogP contribution < -0.4 is 0 Å². The first-order chi connectivity index (χ1) is 8.84. The Morgan fingerprint density at radius 2 is 1.95 bits per heavy atom. The summed E-state index contributed by atoms with van der Waals surface area (Å²) in [6.07, 6.45) is -0.265. The second-order valence-electron chi connectivity index (χ2n) is 6.75. The fraction of sp³-hybridized carbons (Fsp3) is 0.917. The summed E-state index contributed by atoms with van der Waals surface area (Å²) < 4.78 is 40.4. The minimum Gasteiger partial charge on any atom is -0.415 e. The van der Waals surface area contributed by atoms with Gasteiger partial charge in [0.2, 0.25) is 5.91 Å². The van der Waals surface area contributed by atoms with E-state index in [4.69, 9.17) is 4.43 Å². The van der Waals surface area contributed by atoms with Gasteiger partial charge in [0.25, 0.3) is 0 Å². The highest BCUT2D eigenvalue weighted by Gasteiger charge is 2.40. The lowest BCUT2D eigenvalue weighted by atomic mass is 10.2. The van der Waals surface area contributed by atoms with Gasteiger partial charge in [-0.3, -0.25) is 4.79 Å². The molecule has 118 valence electrons. The molecule has 5 nitrogen and oxygen atoms in total. The normalized spacial score (nSPS) is 21.6. The molecule has 0 aromatic rings. The molecule has 1 aliphatic rings. The van der Waals surface area contributed by atoms with E-state index in [1.54, 1.807) is 0 Å². The zero-order valence-corrected chi connectivity index (χ0v) is 14.6. The molecular formula is C12H24FNO4SSi. The minimum atomic E-state index is -4.64. The molecule has 1 amide bonds. The SMILES string of the molecule is CC(C)(C)[Si](C)(C)OCCN1CC(S(=O)(=O)F)CC1=O. The molecule has 0 spiro atoms. The first-order valence-corrected chi connectivity index (χ1v) is 11.1. The lowest BCUT2D eigenvalue weighted by Crippen LogP contribution is -2.43. The zero-order valence-electron chi connectivity index (χ0n) is 12.8. The van der Waals surface area contributed by atoms with E-state index in [0.29, 0.717) is 13.2 Å². The number of hydrogen-bond acceptors (Lipinski definition) is 4. The van der Waals surface area contributed by atoms with Crippen molar-refractivity contribution in [3.8, 4) is 0 Å². The Morgan fingerprint density at radius 1 is 1.40 bits per heavy atom. The van der Waals surface area contributed by atoms with Crippen molar-refractivity contribution in [2.75, 3.05) is 19.7 Å². The second-order valence-corrected chi connectivity index (χ2v) is 13.2. The number of nitrogens with zero attached hydrogens (tertiary/aromatic N) is 1. The number of likely N-dealkylation sites (tertiary alicyclic amines) is 1. The molecular weight excluding hydrogens is 301 g/mol. The Labute approximate surface area is 121 Å². The van der Waals surface area contributed by atoms with Crippen LogP contribution in [-0.4, -0.2) is 52.5 Å². The molecule has 20 heavy (non-hydrogen) atoms. The third-order valence-electron chi connectivity index (χ3n) is 4.21.